The molecule has 0 bridgehead atoms. The van der Waals surface area contributed by atoms with Crippen LogP contribution in [0.1, 0.15) is 52.4 Å². The molecule has 2 aromatic rings. The fraction of sp³-hybridized carbons (Fsp3) is 0.545. The van der Waals surface area contributed by atoms with E-state index in [4.69, 9.17) is 5.73 Å². The number of hydrogen-bond acceptors (Lipinski definition) is 4. The summed E-state index contributed by atoms with van der Waals surface area (Å²) in [6, 6.07) is 9.55. The quantitative estimate of drug-likeness (QED) is 0.862. The molecule has 1 aromatic heterocycles. The van der Waals surface area contributed by atoms with Crippen LogP contribution in [0.5, 0.6) is 0 Å². The first-order valence-electron chi connectivity index (χ1n) is 10.3. The molecular weight excluding hydrogens is 336 g/mol. The summed E-state index contributed by atoms with van der Waals surface area (Å²) in [4.78, 5) is 19.8. The van der Waals surface area contributed by atoms with Crippen molar-refractivity contribution in [1.82, 2.24) is 9.55 Å². The van der Waals surface area contributed by atoms with Gasteiger partial charge in [0.05, 0.1) is 5.56 Å². The van der Waals surface area contributed by atoms with Gasteiger partial charge in [-0.1, -0.05) is 57.0 Å². The van der Waals surface area contributed by atoms with E-state index >= 15 is 0 Å². The smallest absolute Gasteiger partial charge is 0.264 e. The minimum Gasteiger partial charge on any atom is -0.383 e. The summed E-state index contributed by atoms with van der Waals surface area (Å²) >= 11 is 0. The van der Waals surface area contributed by atoms with Crippen LogP contribution in [0.4, 0.5) is 11.8 Å². The van der Waals surface area contributed by atoms with Crippen LogP contribution < -0.4 is 16.2 Å². The lowest BCUT2D eigenvalue weighted by Crippen LogP contribution is -2.42. The molecule has 1 spiro atoms. The molecule has 0 atom stereocenters. The lowest BCUT2D eigenvalue weighted by atomic mass is 9.77. The van der Waals surface area contributed by atoms with Crippen LogP contribution in [0.25, 0.3) is 11.1 Å². The zero-order valence-electron chi connectivity index (χ0n) is 16.9. The van der Waals surface area contributed by atoms with Crippen LogP contribution >= 0.6 is 0 Å². The summed E-state index contributed by atoms with van der Waals surface area (Å²) in [7, 11) is 1.80. The van der Waals surface area contributed by atoms with Crippen LogP contribution in [0.3, 0.4) is 0 Å². The number of nitrogens with zero attached hydrogens (tertiary/aromatic N) is 3. The van der Waals surface area contributed by atoms with Gasteiger partial charge in [0.1, 0.15) is 5.82 Å². The molecule has 5 nitrogen and oxygen atoms in total. The Morgan fingerprint density at radius 1 is 1.00 bits per heavy atom. The molecule has 2 fully saturated rings. The minimum absolute atomic E-state index is 0.0742. The first-order chi connectivity index (χ1) is 13.1. The van der Waals surface area contributed by atoms with Gasteiger partial charge in [0, 0.05) is 20.1 Å². The van der Waals surface area contributed by atoms with Crippen molar-refractivity contribution in [3.63, 3.8) is 0 Å². The fourth-order valence-corrected chi connectivity index (χ4v) is 4.57. The van der Waals surface area contributed by atoms with Crippen molar-refractivity contribution < 1.29 is 0 Å². The molecule has 27 heavy (non-hydrogen) atoms. The third kappa shape index (κ3) is 3.73. The highest BCUT2D eigenvalue weighted by Gasteiger charge is 2.37. The molecule has 2 heterocycles. The summed E-state index contributed by atoms with van der Waals surface area (Å²) < 4.78 is 1.66. The average molecular weight is 369 g/mol. The van der Waals surface area contributed by atoms with Crippen LogP contribution in [0, 0.1) is 5.41 Å². The second kappa shape index (κ2) is 8.15. The molecule has 0 unspecified atom stereocenters. The Kier molecular flexibility index (Phi) is 5.88. The fourth-order valence-electron chi connectivity index (χ4n) is 4.57. The van der Waals surface area contributed by atoms with E-state index in [-0.39, 0.29) is 5.56 Å². The van der Waals surface area contributed by atoms with Crippen LogP contribution in [-0.2, 0) is 7.05 Å². The van der Waals surface area contributed by atoms with Crippen molar-refractivity contribution in [2.45, 2.75) is 52.4 Å². The van der Waals surface area contributed by atoms with Gasteiger partial charge < -0.3 is 10.6 Å². The van der Waals surface area contributed by atoms with Crippen molar-refractivity contribution >= 4 is 11.8 Å². The van der Waals surface area contributed by atoms with Gasteiger partial charge in [-0.05, 0) is 36.7 Å². The molecule has 5 heteroatoms. The van der Waals surface area contributed by atoms with Gasteiger partial charge in [0.15, 0.2) is 0 Å². The van der Waals surface area contributed by atoms with E-state index < -0.39 is 0 Å². The normalized spacial score (nSPS) is 18.3. The summed E-state index contributed by atoms with van der Waals surface area (Å²) in [6.07, 6.45) is 7.86. The number of rotatable bonds is 2. The van der Waals surface area contributed by atoms with Crippen molar-refractivity contribution in [3.05, 3.63) is 40.7 Å². The second-order valence-electron chi connectivity index (χ2n) is 7.60. The SMILES string of the molecule is CC.Cn1c(N2CCC3(CCCC3)CC2)nc(N)c(-c2ccccc2)c1=O. The van der Waals surface area contributed by atoms with Gasteiger partial charge in [-0.3, -0.25) is 9.36 Å². The first-order valence-corrected chi connectivity index (χ1v) is 10.3. The van der Waals surface area contributed by atoms with E-state index in [0.717, 1.165) is 18.7 Å². The van der Waals surface area contributed by atoms with Crippen LogP contribution in [0.2, 0.25) is 0 Å². The van der Waals surface area contributed by atoms with Crippen molar-refractivity contribution in [2.75, 3.05) is 23.7 Å². The Balaban J connectivity index is 0.00000102. The number of nitrogens with two attached hydrogens (primary N) is 1. The van der Waals surface area contributed by atoms with Gasteiger partial charge in [-0.2, -0.15) is 4.98 Å². The van der Waals surface area contributed by atoms with Crippen LogP contribution in [0.15, 0.2) is 35.1 Å². The summed E-state index contributed by atoms with van der Waals surface area (Å²) in [5.41, 5.74) is 7.99. The zero-order valence-corrected chi connectivity index (χ0v) is 16.9. The highest BCUT2D eigenvalue weighted by atomic mass is 16.1. The van der Waals surface area contributed by atoms with Crippen LogP contribution in [-0.4, -0.2) is 22.6 Å². The number of benzene rings is 1. The van der Waals surface area contributed by atoms with E-state index in [1.807, 2.05) is 44.2 Å². The molecule has 1 saturated carbocycles. The van der Waals surface area contributed by atoms with Crippen molar-refractivity contribution in [2.24, 2.45) is 12.5 Å². The maximum atomic E-state index is 12.9. The Morgan fingerprint density at radius 3 is 2.19 bits per heavy atom. The van der Waals surface area contributed by atoms with E-state index in [1.54, 1.807) is 11.6 Å². The third-order valence-electron chi connectivity index (χ3n) is 6.13. The third-order valence-corrected chi connectivity index (χ3v) is 6.13. The molecule has 1 aliphatic carbocycles. The van der Waals surface area contributed by atoms with Gasteiger partial charge in [-0.15, -0.1) is 0 Å². The molecule has 1 saturated heterocycles. The predicted octanol–water partition coefficient (Wildman–Crippen LogP) is 4.22. The molecule has 1 aliphatic heterocycles. The highest BCUT2D eigenvalue weighted by molar-refractivity contribution is 5.73. The van der Waals surface area contributed by atoms with Gasteiger partial charge >= 0.3 is 0 Å². The van der Waals surface area contributed by atoms with E-state index in [9.17, 15) is 4.79 Å². The largest absolute Gasteiger partial charge is 0.383 e. The number of nitrogen functional groups attached to an aromatic ring is 1. The van der Waals surface area contributed by atoms with E-state index in [0.29, 0.717) is 22.7 Å². The van der Waals surface area contributed by atoms with Crippen molar-refractivity contribution in [3.8, 4) is 11.1 Å². The predicted molar refractivity (Wildman–Crippen MR) is 113 cm³/mol. The monoisotopic (exact) mass is 368 g/mol. The Morgan fingerprint density at radius 2 is 1.59 bits per heavy atom. The number of aromatic nitrogens is 2. The van der Waals surface area contributed by atoms with Gasteiger partial charge in [0.25, 0.3) is 5.56 Å². The molecule has 2 N–H and O–H groups in total. The average Bonchev–Trinajstić information content (AvgIpc) is 3.16. The Hall–Kier alpha value is -2.30. The Bertz CT molecular complexity index is 812. The van der Waals surface area contributed by atoms with E-state index in [2.05, 4.69) is 9.88 Å². The lowest BCUT2D eigenvalue weighted by Gasteiger charge is -2.40. The second-order valence-corrected chi connectivity index (χ2v) is 7.60. The topological polar surface area (TPSA) is 64.2 Å². The maximum absolute atomic E-state index is 12.9. The minimum atomic E-state index is -0.0742. The molecular formula is C22H32N4O. The molecule has 0 amide bonds. The molecule has 4 rings (SSSR count). The van der Waals surface area contributed by atoms with Gasteiger partial charge in [0.2, 0.25) is 5.95 Å². The summed E-state index contributed by atoms with van der Waals surface area (Å²) in [6.45, 7) is 5.93. The van der Waals surface area contributed by atoms with E-state index in [1.165, 1.54) is 38.5 Å². The number of piperidine rings is 1. The molecule has 1 aromatic carbocycles. The molecule has 146 valence electrons. The first kappa shape index (κ1) is 19.5. The number of anilines is 2. The standard InChI is InChI=1S/C20H26N4O.C2H6/c1-23-18(25)16(15-7-3-2-4-8-15)17(21)22-19(23)24-13-11-20(12-14-24)9-5-6-10-20;1-2/h2-4,7-8H,5-6,9-14,21H2,1H3;1-2H3. The highest BCUT2D eigenvalue weighted by Crippen LogP contribution is 2.46. The summed E-state index contributed by atoms with van der Waals surface area (Å²) in [5, 5.41) is 0. The zero-order chi connectivity index (χ0) is 19.4. The van der Waals surface area contributed by atoms with Gasteiger partial charge in [-0.25, -0.2) is 0 Å². The lowest BCUT2D eigenvalue weighted by molar-refractivity contribution is 0.225. The molecule has 0 radical (unpaired) electrons. The maximum Gasteiger partial charge on any atom is 0.264 e. The Labute approximate surface area is 162 Å². The summed E-state index contributed by atoms with van der Waals surface area (Å²) in [5.74, 6) is 1.03. The number of hydrogen-bond donors (Lipinski definition) is 1. The molecule has 2 aliphatic rings. The van der Waals surface area contributed by atoms with Crippen molar-refractivity contribution in [1.29, 1.82) is 0 Å².